The number of amides is 1. The average Bonchev–Trinajstić information content (AvgIpc) is 3.25. The van der Waals surface area contributed by atoms with Crippen molar-refractivity contribution in [3.63, 3.8) is 0 Å². The summed E-state index contributed by atoms with van der Waals surface area (Å²) in [5.74, 6) is 0.323. The van der Waals surface area contributed by atoms with Gasteiger partial charge in [0.15, 0.2) is 0 Å². The maximum atomic E-state index is 12.5. The van der Waals surface area contributed by atoms with Crippen LogP contribution in [0.5, 0.6) is 0 Å². The molecule has 2 heterocycles. The Balaban J connectivity index is 1.37. The summed E-state index contributed by atoms with van der Waals surface area (Å²) in [6, 6.07) is 9.87. The first-order valence-corrected chi connectivity index (χ1v) is 12.2. The van der Waals surface area contributed by atoms with E-state index in [-0.39, 0.29) is 0 Å². The number of carbonyl (C=O) groups excluding carboxylic acids is 1. The van der Waals surface area contributed by atoms with Crippen molar-refractivity contribution in [1.29, 1.82) is 5.26 Å². The molecule has 1 amide bonds. The van der Waals surface area contributed by atoms with E-state index in [0.29, 0.717) is 17.9 Å². The molecule has 0 radical (unpaired) electrons. The Bertz CT molecular complexity index is 859. The number of nitriles is 1. The van der Waals surface area contributed by atoms with Crippen molar-refractivity contribution < 1.29 is 4.79 Å². The summed E-state index contributed by atoms with van der Waals surface area (Å²) >= 11 is 0. The minimum atomic E-state index is 0.323. The highest BCUT2D eigenvalue weighted by atomic mass is 16.2. The molecule has 2 aromatic rings. The van der Waals surface area contributed by atoms with Crippen LogP contribution in [0.25, 0.3) is 0 Å². The molecule has 0 bridgehead atoms. The van der Waals surface area contributed by atoms with Crippen LogP contribution in [0.4, 0.5) is 0 Å². The summed E-state index contributed by atoms with van der Waals surface area (Å²) in [6.45, 7) is 7.28. The number of aromatic nitrogens is 2. The number of hydrogen-bond acceptors (Lipinski definition) is 4. The summed E-state index contributed by atoms with van der Waals surface area (Å²) in [7, 11) is 0. The third kappa shape index (κ3) is 7.49. The van der Waals surface area contributed by atoms with Gasteiger partial charge in [0.05, 0.1) is 23.7 Å². The molecular formula is C26H37N5O. The van der Waals surface area contributed by atoms with E-state index >= 15 is 0 Å². The molecule has 0 atom stereocenters. The topological polar surface area (TPSA) is 65.2 Å². The summed E-state index contributed by atoms with van der Waals surface area (Å²) in [5, 5.41) is 8.96. The van der Waals surface area contributed by atoms with Crippen LogP contribution in [0.3, 0.4) is 0 Å². The SMILES string of the molecule is CCCCCCCCCC(=O)N1CCN(Cc2cncn2Cc2ccc(C#N)cc2)CC1. The van der Waals surface area contributed by atoms with Gasteiger partial charge in [0, 0.05) is 51.9 Å². The average molecular weight is 436 g/mol. The third-order valence-electron chi connectivity index (χ3n) is 6.34. The molecule has 6 heteroatoms. The van der Waals surface area contributed by atoms with Gasteiger partial charge in [-0.1, -0.05) is 57.6 Å². The Morgan fingerprint density at radius 2 is 1.66 bits per heavy atom. The van der Waals surface area contributed by atoms with Gasteiger partial charge >= 0.3 is 0 Å². The van der Waals surface area contributed by atoms with Gasteiger partial charge < -0.3 is 9.47 Å². The summed E-state index contributed by atoms with van der Waals surface area (Å²) in [5.41, 5.74) is 3.01. The smallest absolute Gasteiger partial charge is 0.222 e. The van der Waals surface area contributed by atoms with Gasteiger partial charge in [-0.2, -0.15) is 5.26 Å². The molecule has 1 fully saturated rings. The molecule has 0 unspecified atom stereocenters. The van der Waals surface area contributed by atoms with E-state index in [1.807, 2.05) is 41.7 Å². The molecule has 1 aromatic carbocycles. The number of imidazole rings is 1. The second-order valence-corrected chi connectivity index (χ2v) is 8.85. The molecule has 1 saturated heterocycles. The number of hydrogen-bond donors (Lipinski definition) is 0. The maximum Gasteiger partial charge on any atom is 0.222 e. The van der Waals surface area contributed by atoms with Crippen LogP contribution in [-0.2, 0) is 17.9 Å². The number of rotatable bonds is 12. The minimum absolute atomic E-state index is 0.323. The highest BCUT2D eigenvalue weighted by Crippen LogP contribution is 2.14. The first-order chi connectivity index (χ1) is 15.7. The van der Waals surface area contributed by atoms with Gasteiger partial charge in [0.25, 0.3) is 0 Å². The molecular weight excluding hydrogens is 398 g/mol. The molecule has 6 nitrogen and oxygen atoms in total. The molecule has 0 aliphatic carbocycles. The lowest BCUT2D eigenvalue weighted by Crippen LogP contribution is -2.48. The lowest BCUT2D eigenvalue weighted by atomic mass is 10.1. The van der Waals surface area contributed by atoms with E-state index in [0.717, 1.165) is 51.3 Å². The van der Waals surface area contributed by atoms with Gasteiger partial charge in [0.2, 0.25) is 5.91 Å². The Morgan fingerprint density at radius 1 is 0.969 bits per heavy atom. The number of piperazine rings is 1. The van der Waals surface area contributed by atoms with Crippen LogP contribution in [0.1, 0.15) is 75.1 Å². The molecule has 0 saturated carbocycles. The zero-order valence-electron chi connectivity index (χ0n) is 19.5. The summed E-state index contributed by atoms with van der Waals surface area (Å²) in [6.07, 6.45) is 13.2. The van der Waals surface area contributed by atoms with Crippen molar-refractivity contribution in [2.45, 2.75) is 71.4 Å². The van der Waals surface area contributed by atoms with Crippen LogP contribution < -0.4 is 0 Å². The van der Waals surface area contributed by atoms with Crippen LogP contribution in [0.2, 0.25) is 0 Å². The molecule has 0 N–H and O–H groups in total. The molecule has 1 aromatic heterocycles. The van der Waals surface area contributed by atoms with Crippen LogP contribution >= 0.6 is 0 Å². The second kappa shape index (κ2) is 13.0. The van der Waals surface area contributed by atoms with E-state index < -0.39 is 0 Å². The normalized spacial score (nSPS) is 14.4. The van der Waals surface area contributed by atoms with E-state index in [2.05, 4.69) is 27.4 Å². The van der Waals surface area contributed by atoms with E-state index in [1.165, 1.54) is 44.2 Å². The van der Waals surface area contributed by atoms with Crippen molar-refractivity contribution >= 4 is 5.91 Å². The van der Waals surface area contributed by atoms with Gasteiger partial charge in [-0.15, -0.1) is 0 Å². The van der Waals surface area contributed by atoms with Gasteiger partial charge in [0.1, 0.15) is 0 Å². The van der Waals surface area contributed by atoms with Crippen LogP contribution in [0, 0.1) is 11.3 Å². The number of benzene rings is 1. The first kappa shape index (κ1) is 24.0. The highest BCUT2D eigenvalue weighted by molar-refractivity contribution is 5.76. The number of nitrogens with zero attached hydrogens (tertiary/aromatic N) is 5. The Hall–Kier alpha value is -2.65. The van der Waals surface area contributed by atoms with Crippen molar-refractivity contribution in [2.24, 2.45) is 0 Å². The van der Waals surface area contributed by atoms with E-state index in [4.69, 9.17) is 5.26 Å². The van der Waals surface area contributed by atoms with Crippen molar-refractivity contribution in [2.75, 3.05) is 26.2 Å². The third-order valence-corrected chi connectivity index (χ3v) is 6.34. The summed E-state index contributed by atoms with van der Waals surface area (Å²) < 4.78 is 2.17. The number of carbonyl (C=O) groups is 1. The largest absolute Gasteiger partial charge is 0.340 e. The van der Waals surface area contributed by atoms with Crippen LogP contribution in [-0.4, -0.2) is 51.4 Å². The van der Waals surface area contributed by atoms with Crippen molar-refractivity contribution in [3.8, 4) is 6.07 Å². The standard InChI is InChI=1S/C26H37N5O/c1-2-3-4-5-6-7-8-9-26(32)30-16-14-29(15-17-30)21-25-19-28-22-31(25)20-24-12-10-23(18-27)11-13-24/h10-13,19,22H,2-9,14-17,20-21H2,1H3. The molecule has 172 valence electrons. The molecule has 32 heavy (non-hydrogen) atoms. The lowest BCUT2D eigenvalue weighted by Gasteiger charge is -2.34. The fraction of sp³-hybridized carbons (Fsp3) is 0.577. The van der Waals surface area contributed by atoms with E-state index in [9.17, 15) is 4.79 Å². The molecule has 0 spiro atoms. The predicted octanol–water partition coefficient (Wildman–Crippen LogP) is 4.59. The van der Waals surface area contributed by atoms with Crippen LogP contribution in [0.15, 0.2) is 36.8 Å². The lowest BCUT2D eigenvalue weighted by molar-refractivity contribution is -0.133. The maximum absolute atomic E-state index is 12.5. The van der Waals surface area contributed by atoms with Gasteiger partial charge in [-0.25, -0.2) is 4.98 Å². The fourth-order valence-electron chi connectivity index (χ4n) is 4.28. The zero-order chi connectivity index (χ0) is 22.6. The number of unbranched alkanes of at least 4 members (excludes halogenated alkanes) is 6. The van der Waals surface area contributed by atoms with Gasteiger partial charge in [-0.05, 0) is 24.1 Å². The molecule has 1 aliphatic rings. The quantitative estimate of drug-likeness (QED) is 0.458. The Morgan fingerprint density at radius 3 is 2.34 bits per heavy atom. The Labute approximate surface area is 192 Å². The first-order valence-electron chi connectivity index (χ1n) is 12.2. The van der Waals surface area contributed by atoms with Crippen molar-refractivity contribution in [1.82, 2.24) is 19.4 Å². The van der Waals surface area contributed by atoms with Crippen molar-refractivity contribution in [3.05, 3.63) is 53.6 Å². The fourth-order valence-corrected chi connectivity index (χ4v) is 4.28. The summed E-state index contributed by atoms with van der Waals surface area (Å²) in [4.78, 5) is 21.3. The Kier molecular flexibility index (Phi) is 9.77. The highest BCUT2D eigenvalue weighted by Gasteiger charge is 2.21. The monoisotopic (exact) mass is 435 g/mol. The second-order valence-electron chi connectivity index (χ2n) is 8.85. The predicted molar refractivity (Wildman–Crippen MR) is 127 cm³/mol. The molecule has 3 rings (SSSR count). The van der Waals surface area contributed by atoms with E-state index in [1.54, 1.807) is 0 Å². The van der Waals surface area contributed by atoms with Gasteiger partial charge in [-0.3, -0.25) is 9.69 Å². The minimum Gasteiger partial charge on any atom is -0.340 e. The zero-order valence-corrected chi connectivity index (χ0v) is 19.5. The molecule has 1 aliphatic heterocycles.